The van der Waals surface area contributed by atoms with Gasteiger partial charge in [-0.05, 0) is 63.4 Å². The lowest BCUT2D eigenvalue weighted by Crippen LogP contribution is -2.40. The topological polar surface area (TPSA) is 64.6 Å². The lowest BCUT2D eigenvalue weighted by molar-refractivity contribution is 0.0668. The van der Waals surface area contributed by atoms with Crippen molar-refractivity contribution in [2.75, 3.05) is 13.2 Å². The molecule has 1 atom stereocenters. The van der Waals surface area contributed by atoms with Crippen molar-refractivity contribution in [3.05, 3.63) is 80.4 Å². The third-order valence-corrected chi connectivity index (χ3v) is 6.69. The van der Waals surface area contributed by atoms with Gasteiger partial charge >= 0.3 is 0 Å². The number of ether oxygens (including phenoxy) is 1. The smallest absolute Gasteiger partial charge is 0.254 e. The van der Waals surface area contributed by atoms with Crippen molar-refractivity contribution in [3.63, 3.8) is 0 Å². The number of hydrogen-bond donors (Lipinski definition) is 0. The summed E-state index contributed by atoms with van der Waals surface area (Å²) in [5.74, 6) is 1.44. The van der Waals surface area contributed by atoms with Gasteiger partial charge in [0.15, 0.2) is 0 Å². The van der Waals surface area contributed by atoms with Crippen LogP contribution < -0.4 is 4.74 Å². The molecule has 1 aliphatic rings. The maximum Gasteiger partial charge on any atom is 0.254 e. The quantitative estimate of drug-likeness (QED) is 0.418. The van der Waals surface area contributed by atoms with E-state index in [0.717, 1.165) is 39.1 Å². The molecule has 0 radical (unpaired) electrons. The molecule has 2 aromatic heterocycles. The number of carbonyl (C=O) groups excluding carboxylic acids is 1. The highest BCUT2D eigenvalue weighted by Gasteiger charge is 2.31. The standard InChI is InChI=1S/C25H26BrN5O2/c1-6-33-24-11-22(28-12-23(24)27-5)16(3)31-8-7-19-20(25(31)32)9-18(10-21(19)26)14-30-13-15(2)29-17(30)4/h9-13,16H,6-8,14H2,1-4H3. The van der Waals surface area contributed by atoms with Crippen molar-refractivity contribution < 1.29 is 9.53 Å². The van der Waals surface area contributed by atoms with Crippen LogP contribution in [-0.4, -0.2) is 38.5 Å². The molecule has 8 heteroatoms. The number of hydrogen-bond acceptors (Lipinski definition) is 4. The van der Waals surface area contributed by atoms with Crippen LogP contribution in [-0.2, 0) is 13.0 Å². The van der Waals surface area contributed by atoms with Crippen LogP contribution in [0.25, 0.3) is 4.85 Å². The van der Waals surface area contributed by atoms with Gasteiger partial charge in [0.2, 0.25) is 5.69 Å². The normalized spacial score (nSPS) is 14.1. The number of benzene rings is 1. The molecule has 0 bridgehead atoms. The summed E-state index contributed by atoms with van der Waals surface area (Å²) >= 11 is 3.69. The van der Waals surface area contributed by atoms with Gasteiger partial charge in [0.25, 0.3) is 5.91 Å². The molecule has 33 heavy (non-hydrogen) atoms. The Bertz CT molecular complexity index is 1260. The molecule has 7 nitrogen and oxygen atoms in total. The first-order valence-corrected chi connectivity index (χ1v) is 11.7. The Balaban J connectivity index is 1.64. The Labute approximate surface area is 202 Å². The molecule has 1 aliphatic heterocycles. The average Bonchev–Trinajstić information content (AvgIpc) is 3.10. The molecule has 0 spiro atoms. The van der Waals surface area contributed by atoms with Crippen molar-refractivity contribution in [2.45, 2.75) is 46.7 Å². The number of aryl methyl sites for hydroxylation is 2. The first-order chi connectivity index (χ1) is 15.8. The first kappa shape index (κ1) is 23.0. The van der Waals surface area contributed by atoms with Crippen LogP contribution in [0.1, 0.15) is 58.6 Å². The summed E-state index contributed by atoms with van der Waals surface area (Å²) in [6.07, 6.45) is 4.30. The highest BCUT2D eigenvalue weighted by Crippen LogP contribution is 2.35. The van der Waals surface area contributed by atoms with Gasteiger partial charge in [0.05, 0.1) is 30.6 Å². The van der Waals surface area contributed by atoms with Crippen molar-refractivity contribution in [1.82, 2.24) is 19.4 Å². The molecule has 1 aromatic carbocycles. The van der Waals surface area contributed by atoms with Crippen molar-refractivity contribution >= 4 is 27.5 Å². The monoisotopic (exact) mass is 507 g/mol. The molecule has 0 saturated heterocycles. The van der Waals surface area contributed by atoms with Crippen LogP contribution in [0.15, 0.2) is 35.1 Å². The number of aromatic nitrogens is 3. The van der Waals surface area contributed by atoms with Crippen LogP contribution in [0.2, 0.25) is 0 Å². The average molecular weight is 508 g/mol. The van der Waals surface area contributed by atoms with Gasteiger partial charge in [0.1, 0.15) is 11.6 Å². The van der Waals surface area contributed by atoms with Crippen LogP contribution >= 0.6 is 15.9 Å². The van der Waals surface area contributed by atoms with Gasteiger partial charge in [-0.25, -0.2) is 9.83 Å². The molecule has 3 aromatic rings. The zero-order valence-electron chi connectivity index (χ0n) is 19.2. The van der Waals surface area contributed by atoms with Gasteiger partial charge in [-0.15, -0.1) is 0 Å². The van der Waals surface area contributed by atoms with E-state index in [4.69, 9.17) is 11.3 Å². The second kappa shape index (κ2) is 9.36. The van der Waals surface area contributed by atoms with Crippen LogP contribution in [0.3, 0.4) is 0 Å². The summed E-state index contributed by atoms with van der Waals surface area (Å²) in [4.78, 5) is 27.8. The van der Waals surface area contributed by atoms with E-state index in [2.05, 4.69) is 41.4 Å². The predicted molar refractivity (Wildman–Crippen MR) is 130 cm³/mol. The molecule has 0 saturated carbocycles. The van der Waals surface area contributed by atoms with E-state index >= 15 is 0 Å². The summed E-state index contributed by atoms with van der Waals surface area (Å²) < 4.78 is 8.67. The number of pyridine rings is 1. The maximum absolute atomic E-state index is 13.6. The fourth-order valence-electron chi connectivity index (χ4n) is 4.30. The maximum atomic E-state index is 13.6. The fraction of sp³-hybridized carbons (Fsp3) is 0.360. The molecule has 3 heterocycles. The molecular formula is C25H26BrN5O2. The van der Waals surface area contributed by atoms with Gasteiger partial charge < -0.3 is 14.2 Å². The van der Waals surface area contributed by atoms with Gasteiger partial charge in [-0.1, -0.05) is 15.9 Å². The molecule has 0 fully saturated rings. The van der Waals surface area contributed by atoms with E-state index in [-0.39, 0.29) is 11.9 Å². The highest BCUT2D eigenvalue weighted by molar-refractivity contribution is 9.10. The van der Waals surface area contributed by atoms with Gasteiger partial charge in [-0.3, -0.25) is 9.78 Å². The molecular weight excluding hydrogens is 482 g/mol. The molecule has 0 N–H and O–H groups in total. The molecule has 170 valence electrons. The third-order valence-electron chi connectivity index (χ3n) is 5.98. The van der Waals surface area contributed by atoms with Crippen LogP contribution in [0, 0.1) is 20.4 Å². The summed E-state index contributed by atoms with van der Waals surface area (Å²) in [5, 5.41) is 0. The molecule has 1 unspecified atom stereocenters. The molecule has 1 amide bonds. The number of halogens is 1. The van der Waals surface area contributed by atoms with E-state index in [1.54, 1.807) is 6.07 Å². The zero-order valence-corrected chi connectivity index (χ0v) is 20.8. The largest absolute Gasteiger partial charge is 0.505 e. The van der Waals surface area contributed by atoms with E-state index in [9.17, 15) is 4.79 Å². The highest BCUT2D eigenvalue weighted by atomic mass is 79.9. The molecule has 0 aliphatic carbocycles. The minimum atomic E-state index is -0.245. The second-order valence-electron chi connectivity index (χ2n) is 8.21. The summed E-state index contributed by atoms with van der Waals surface area (Å²) in [7, 11) is 0. The SMILES string of the molecule is [C-]#[N+]c1cnc(C(C)N2CCc3c(Br)cc(Cn4cc(C)nc4C)cc3C2=O)cc1OCC. The number of amides is 1. The van der Waals surface area contributed by atoms with Gasteiger partial charge in [0, 0.05) is 35.5 Å². The Morgan fingerprint density at radius 1 is 1.30 bits per heavy atom. The number of carbonyl (C=O) groups is 1. The van der Waals surface area contributed by atoms with Gasteiger partial charge in [-0.2, -0.15) is 0 Å². The minimum absolute atomic E-state index is 0.0150. The third kappa shape index (κ3) is 4.51. The van der Waals surface area contributed by atoms with Crippen molar-refractivity contribution in [3.8, 4) is 5.75 Å². The van der Waals surface area contributed by atoms with E-state index in [1.165, 1.54) is 6.20 Å². The first-order valence-electron chi connectivity index (χ1n) is 10.9. The second-order valence-corrected chi connectivity index (χ2v) is 9.06. The van der Waals surface area contributed by atoms with E-state index in [1.807, 2.05) is 44.9 Å². The Hall–Kier alpha value is -3.18. The van der Waals surface area contributed by atoms with Crippen molar-refractivity contribution in [2.24, 2.45) is 0 Å². The zero-order chi connectivity index (χ0) is 23.7. The number of imidazole rings is 1. The summed E-state index contributed by atoms with van der Waals surface area (Å²) in [6, 6.07) is 5.63. The number of rotatable bonds is 6. The lowest BCUT2D eigenvalue weighted by atomic mass is 9.95. The number of nitrogens with zero attached hydrogens (tertiary/aromatic N) is 5. The number of fused-ring (bicyclic) bond motifs is 1. The summed E-state index contributed by atoms with van der Waals surface area (Å²) in [6.45, 7) is 16.8. The van der Waals surface area contributed by atoms with E-state index in [0.29, 0.717) is 36.8 Å². The lowest BCUT2D eigenvalue weighted by Gasteiger charge is -2.34. The van der Waals surface area contributed by atoms with Crippen LogP contribution in [0.5, 0.6) is 5.75 Å². The Kier molecular flexibility index (Phi) is 6.52. The predicted octanol–water partition coefficient (Wildman–Crippen LogP) is 5.41. The molecule has 4 rings (SSSR count). The summed E-state index contributed by atoms with van der Waals surface area (Å²) in [5.41, 5.74) is 4.86. The fourth-order valence-corrected chi connectivity index (χ4v) is 5.00. The van der Waals surface area contributed by atoms with Crippen LogP contribution in [0.4, 0.5) is 5.69 Å². The van der Waals surface area contributed by atoms with Crippen molar-refractivity contribution in [1.29, 1.82) is 0 Å². The van der Waals surface area contributed by atoms with E-state index < -0.39 is 0 Å². The Morgan fingerprint density at radius 2 is 2.09 bits per heavy atom. The Morgan fingerprint density at radius 3 is 2.76 bits per heavy atom. The minimum Gasteiger partial charge on any atom is -0.505 e.